The molecule has 0 saturated heterocycles. The van der Waals surface area contributed by atoms with Crippen LogP contribution < -0.4 is 0 Å². The lowest BCUT2D eigenvalue weighted by Gasteiger charge is -2.09. The second-order valence-electron chi connectivity index (χ2n) is 3.14. The van der Waals surface area contributed by atoms with Crippen molar-refractivity contribution in [3.05, 3.63) is 36.1 Å². The quantitative estimate of drug-likeness (QED) is 0.852. The molecule has 0 aliphatic rings. The van der Waals surface area contributed by atoms with Crippen molar-refractivity contribution in [1.29, 1.82) is 0 Å². The summed E-state index contributed by atoms with van der Waals surface area (Å²) in [5, 5.41) is 0. The Labute approximate surface area is 120 Å². The molecule has 116 valence electrons. The predicted octanol–water partition coefficient (Wildman–Crippen LogP) is 2.27. The lowest BCUT2D eigenvalue weighted by atomic mass is 10.4. The summed E-state index contributed by atoms with van der Waals surface area (Å²) in [6.07, 6.45) is 0. The maximum Gasteiger partial charge on any atom is 0.425 e. The van der Waals surface area contributed by atoms with Gasteiger partial charge in [0.05, 0.1) is 13.2 Å². The van der Waals surface area contributed by atoms with Crippen LogP contribution in [0.4, 0.5) is 4.39 Å². The molecule has 0 bridgehead atoms. The Bertz CT molecular complexity index is 421. The van der Waals surface area contributed by atoms with Gasteiger partial charge in [0.15, 0.2) is 0 Å². The van der Waals surface area contributed by atoms with Crippen LogP contribution in [0.25, 0.3) is 0 Å². The largest absolute Gasteiger partial charge is 0.425 e. The van der Waals surface area contributed by atoms with Gasteiger partial charge in [-0.05, 0) is 26.0 Å². The second kappa shape index (κ2) is 13.1. The maximum absolute atomic E-state index is 11.9. The predicted molar refractivity (Wildman–Crippen MR) is 74.4 cm³/mol. The van der Waals surface area contributed by atoms with Crippen molar-refractivity contribution >= 4 is 18.6 Å². The van der Waals surface area contributed by atoms with E-state index >= 15 is 0 Å². The third kappa shape index (κ3) is 19.4. The molecule has 0 aromatic heterocycles. The number of hydrogen-bond donors (Lipinski definition) is 1. The summed E-state index contributed by atoms with van der Waals surface area (Å²) in [7, 11) is -5.55. The molecule has 0 aliphatic heterocycles. The molecule has 0 saturated carbocycles. The summed E-state index contributed by atoms with van der Waals surface area (Å²) >= 11 is 0. The van der Waals surface area contributed by atoms with Crippen LogP contribution in [-0.4, -0.2) is 37.4 Å². The molecule has 1 rings (SSSR count). The molecule has 0 unspecified atom stereocenters. The third-order valence-corrected chi connectivity index (χ3v) is 2.94. The number of benzene rings is 1. The lowest BCUT2D eigenvalue weighted by Crippen LogP contribution is -1.99. The van der Waals surface area contributed by atoms with E-state index in [2.05, 4.69) is 0 Å². The molecule has 1 aromatic carbocycles. The zero-order valence-electron chi connectivity index (χ0n) is 11.5. The van der Waals surface area contributed by atoms with Crippen molar-refractivity contribution in [1.82, 2.24) is 0 Å². The van der Waals surface area contributed by atoms with Crippen molar-refractivity contribution in [2.45, 2.75) is 13.8 Å². The van der Waals surface area contributed by atoms with E-state index in [1.807, 2.05) is 13.8 Å². The van der Waals surface area contributed by atoms with Crippen LogP contribution in [0, 0.1) is 5.82 Å². The number of rotatable bonds is 4. The SMILES string of the molecule is CCO[P+](C)(O)OCC.Fc1ccccc1.O=S(=O)=O. The van der Waals surface area contributed by atoms with E-state index in [0.29, 0.717) is 13.2 Å². The summed E-state index contributed by atoms with van der Waals surface area (Å²) in [5.41, 5.74) is 0. The Morgan fingerprint density at radius 1 is 1.10 bits per heavy atom. The lowest BCUT2D eigenvalue weighted by molar-refractivity contribution is 0.195. The number of halogens is 1. The average Bonchev–Trinajstić information content (AvgIpc) is 2.29. The van der Waals surface area contributed by atoms with E-state index in [1.54, 1.807) is 24.9 Å². The Hall–Kier alpha value is -0.920. The van der Waals surface area contributed by atoms with Gasteiger partial charge in [0.25, 0.3) is 0 Å². The van der Waals surface area contributed by atoms with E-state index in [-0.39, 0.29) is 5.82 Å². The van der Waals surface area contributed by atoms with Crippen LogP contribution in [-0.2, 0) is 19.7 Å². The molecule has 1 N–H and O–H groups in total. The van der Waals surface area contributed by atoms with Gasteiger partial charge in [-0.3, -0.25) is 0 Å². The summed E-state index contributed by atoms with van der Waals surface area (Å²) in [4.78, 5) is 9.18. The highest BCUT2D eigenvalue weighted by molar-refractivity contribution is 7.59. The molecule has 0 amide bonds. The highest BCUT2D eigenvalue weighted by Gasteiger charge is 2.31. The van der Waals surface area contributed by atoms with Gasteiger partial charge in [0.1, 0.15) is 12.5 Å². The Morgan fingerprint density at radius 3 is 1.65 bits per heavy atom. The molecule has 1 aromatic rings. The first kappa shape index (κ1) is 21.4. The normalized spacial score (nSPS) is 9.65. The van der Waals surface area contributed by atoms with E-state index in [0.717, 1.165) is 0 Å². The van der Waals surface area contributed by atoms with Gasteiger partial charge in [-0.15, -0.1) is 12.6 Å². The fourth-order valence-electron chi connectivity index (χ4n) is 0.931. The second-order valence-corrected chi connectivity index (χ2v) is 5.67. The molecule has 0 atom stereocenters. The monoisotopic (exact) mass is 329 g/mol. The minimum atomic E-state index is -3.11. The van der Waals surface area contributed by atoms with Crippen LogP contribution in [0.3, 0.4) is 0 Å². The fourth-order valence-corrected chi connectivity index (χ4v) is 1.96. The summed E-state index contributed by atoms with van der Waals surface area (Å²) in [5.74, 6) is -0.178. The zero-order chi connectivity index (χ0) is 16.0. The van der Waals surface area contributed by atoms with Crippen molar-refractivity contribution < 1.29 is 31.0 Å². The zero-order valence-corrected chi connectivity index (χ0v) is 13.2. The molecule has 0 aliphatic carbocycles. The van der Waals surface area contributed by atoms with Crippen LogP contribution in [0.5, 0.6) is 0 Å². The van der Waals surface area contributed by atoms with Gasteiger partial charge in [-0.1, -0.05) is 18.2 Å². The van der Waals surface area contributed by atoms with Crippen molar-refractivity contribution in [3.63, 3.8) is 0 Å². The molecule has 20 heavy (non-hydrogen) atoms. The van der Waals surface area contributed by atoms with E-state index in [4.69, 9.17) is 21.7 Å². The van der Waals surface area contributed by atoms with Gasteiger partial charge in [-0.25, -0.2) is 4.39 Å². The van der Waals surface area contributed by atoms with Crippen LogP contribution in [0.1, 0.15) is 13.8 Å². The van der Waals surface area contributed by atoms with Gasteiger partial charge in [0.2, 0.25) is 0 Å². The van der Waals surface area contributed by atoms with Gasteiger partial charge in [-0.2, -0.15) is 13.9 Å². The minimum absolute atomic E-state index is 0.178. The van der Waals surface area contributed by atoms with Crippen LogP contribution in [0.15, 0.2) is 30.3 Å². The Kier molecular flexibility index (Phi) is 14.0. The van der Waals surface area contributed by atoms with Gasteiger partial charge in [0, 0.05) is 0 Å². The van der Waals surface area contributed by atoms with Crippen molar-refractivity contribution in [2.75, 3.05) is 19.9 Å². The van der Waals surface area contributed by atoms with E-state index in [1.165, 1.54) is 12.1 Å². The Balaban J connectivity index is 0. The molecule has 0 radical (unpaired) electrons. The average molecular weight is 329 g/mol. The molecule has 0 fully saturated rings. The smallest absolute Gasteiger partial charge is 0.207 e. The Morgan fingerprint density at radius 2 is 1.45 bits per heavy atom. The molecular weight excluding hydrogens is 310 g/mol. The number of hydrogen-bond acceptors (Lipinski definition) is 6. The van der Waals surface area contributed by atoms with E-state index < -0.39 is 18.6 Å². The highest BCUT2D eigenvalue weighted by Crippen LogP contribution is 2.52. The molecular formula is C11H19FO6PS+. The molecule has 9 heteroatoms. The first-order chi connectivity index (χ1) is 9.25. The summed E-state index contributed by atoms with van der Waals surface area (Å²) in [6, 6.07) is 7.94. The fraction of sp³-hybridized carbons (Fsp3) is 0.455. The summed E-state index contributed by atoms with van der Waals surface area (Å²) in [6.45, 7) is 6.24. The first-order valence-electron chi connectivity index (χ1n) is 5.60. The highest BCUT2D eigenvalue weighted by atomic mass is 32.2. The molecule has 0 spiro atoms. The third-order valence-electron chi connectivity index (χ3n) is 1.47. The molecule has 6 nitrogen and oxygen atoms in total. The van der Waals surface area contributed by atoms with Gasteiger partial charge < -0.3 is 0 Å². The van der Waals surface area contributed by atoms with E-state index in [9.17, 15) is 9.28 Å². The standard InChI is InChI=1S/C6H5F.C5H14O3P.O3S/c7-6-4-2-1-3-5-6;1-4-7-9(3,6)8-5-2;1-4(2)3/h1-5H;6H,4-5H2,1-3H3;/q;+1;. The molecule has 0 heterocycles. The summed E-state index contributed by atoms with van der Waals surface area (Å²) < 4.78 is 47.1. The van der Waals surface area contributed by atoms with Gasteiger partial charge >= 0.3 is 18.6 Å². The van der Waals surface area contributed by atoms with Crippen molar-refractivity contribution in [2.24, 2.45) is 0 Å². The van der Waals surface area contributed by atoms with Crippen LogP contribution >= 0.6 is 7.94 Å². The maximum atomic E-state index is 11.9. The topological polar surface area (TPSA) is 89.9 Å². The van der Waals surface area contributed by atoms with Crippen LogP contribution in [0.2, 0.25) is 0 Å². The first-order valence-corrected chi connectivity index (χ1v) is 8.63. The minimum Gasteiger partial charge on any atom is -0.207 e. The van der Waals surface area contributed by atoms with Crippen molar-refractivity contribution in [3.8, 4) is 0 Å².